The Morgan fingerprint density at radius 3 is 2.67 bits per heavy atom. The van der Waals surface area contributed by atoms with Crippen LogP contribution >= 0.6 is 11.3 Å². The number of pyridine rings is 1. The van der Waals surface area contributed by atoms with Gasteiger partial charge in [0.2, 0.25) is 0 Å². The zero-order chi connectivity index (χ0) is 28.1. The highest BCUT2D eigenvalue weighted by atomic mass is 32.1. The summed E-state index contributed by atoms with van der Waals surface area (Å²) in [6.07, 6.45) is 8.82. The number of nitriles is 1. The number of aryl methyl sites for hydroxylation is 1. The van der Waals surface area contributed by atoms with Crippen molar-refractivity contribution in [2.24, 2.45) is 0 Å². The van der Waals surface area contributed by atoms with Gasteiger partial charge in [0, 0.05) is 36.0 Å². The van der Waals surface area contributed by atoms with Crippen LogP contribution < -0.4 is 0 Å². The van der Waals surface area contributed by atoms with E-state index in [1.165, 1.54) is 0 Å². The van der Waals surface area contributed by atoms with Crippen LogP contribution in [0.5, 0.6) is 0 Å². The standard InChI is InChI=1S/C30H32N8OS/c1-4-36(5-2)21(3)9-10-28(39)22-16-26(23-18-32-37(20-23)13-7-12-31)34-27(17-22)24-19-33-38-14-11-25(35-30(24)38)29-8-6-15-40-29/h6,8,11,14-21H,4-5,7,9-10,13H2,1-3H3/t21-/m0/s1. The van der Waals surface area contributed by atoms with Crippen molar-refractivity contribution in [2.45, 2.75) is 52.6 Å². The van der Waals surface area contributed by atoms with Crippen molar-refractivity contribution in [3.63, 3.8) is 0 Å². The third-order valence-electron chi connectivity index (χ3n) is 7.17. The summed E-state index contributed by atoms with van der Waals surface area (Å²) in [4.78, 5) is 26.8. The Bertz CT molecular complexity index is 1640. The van der Waals surface area contributed by atoms with Crippen LogP contribution in [0.4, 0.5) is 0 Å². The summed E-state index contributed by atoms with van der Waals surface area (Å²) in [6, 6.07) is 12.1. The Kier molecular flexibility index (Phi) is 8.43. The smallest absolute Gasteiger partial charge is 0.165 e. The van der Waals surface area contributed by atoms with E-state index < -0.39 is 0 Å². The van der Waals surface area contributed by atoms with Gasteiger partial charge in [0.25, 0.3) is 0 Å². The normalized spacial score (nSPS) is 12.2. The van der Waals surface area contributed by atoms with Gasteiger partial charge in [0.15, 0.2) is 11.4 Å². The average molecular weight is 553 g/mol. The number of fused-ring (bicyclic) bond motifs is 1. The highest BCUT2D eigenvalue weighted by Gasteiger charge is 2.19. The molecule has 0 spiro atoms. The lowest BCUT2D eigenvalue weighted by Gasteiger charge is -2.26. The summed E-state index contributed by atoms with van der Waals surface area (Å²) >= 11 is 1.63. The zero-order valence-electron chi connectivity index (χ0n) is 23.0. The van der Waals surface area contributed by atoms with Gasteiger partial charge in [-0.25, -0.2) is 14.5 Å². The fraction of sp³-hybridized carbons (Fsp3) is 0.333. The Hall–Kier alpha value is -4.20. The molecule has 0 saturated carbocycles. The van der Waals surface area contributed by atoms with E-state index in [0.29, 0.717) is 48.0 Å². The Balaban J connectivity index is 1.54. The van der Waals surface area contributed by atoms with Crippen LogP contribution in [0.2, 0.25) is 0 Å². The van der Waals surface area contributed by atoms with E-state index in [2.05, 4.69) is 41.9 Å². The molecular weight excluding hydrogens is 520 g/mol. The average Bonchev–Trinajstić information content (AvgIpc) is 3.76. The van der Waals surface area contributed by atoms with E-state index in [0.717, 1.165) is 41.2 Å². The molecule has 0 amide bonds. The number of rotatable bonds is 12. The van der Waals surface area contributed by atoms with Gasteiger partial charge in [-0.15, -0.1) is 11.3 Å². The summed E-state index contributed by atoms with van der Waals surface area (Å²) in [6.45, 7) is 8.88. The SMILES string of the molecule is CCN(CC)[C@@H](C)CCC(=O)c1cc(-c2cnn(CCC#N)c2)nc(-c2cnn3ccc(-c4cccs4)nc23)c1. The fourth-order valence-corrected chi connectivity index (χ4v) is 5.58. The van der Waals surface area contributed by atoms with Gasteiger partial charge in [-0.2, -0.15) is 15.5 Å². The molecule has 0 aliphatic rings. The van der Waals surface area contributed by atoms with Crippen molar-refractivity contribution < 1.29 is 4.79 Å². The van der Waals surface area contributed by atoms with Crippen molar-refractivity contribution in [2.75, 3.05) is 13.1 Å². The highest BCUT2D eigenvalue weighted by Crippen LogP contribution is 2.30. The van der Waals surface area contributed by atoms with Gasteiger partial charge in [-0.3, -0.25) is 9.48 Å². The van der Waals surface area contributed by atoms with E-state index in [9.17, 15) is 4.79 Å². The van der Waals surface area contributed by atoms with Gasteiger partial charge in [0.05, 0.1) is 59.0 Å². The Morgan fingerprint density at radius 1 is 1.10 bits per heavy atom. The molecule has 5 aromatic heterocycles. The van der Waals surface area contributed by atoms with Crippen LogP contribution in [0.1, 0.15) is 50.4 Å². The molecule has 0 bridgehead atoms. The van der Waals surface area contributed by atoms with E-state index in [4.69, 9.17) is 15.2 Å². The number of hydrogen-bond acceptors (Lipinski definition) is 8. The second-order valence-corrected chi connectivity index (χ2v) is 10.6. The van der Waals surface area contributed by atoms with Crippen LogP contribution in [0.3, 0.4) is 0 Å². The minimum Gasteiger partial charge on any atom is -0.301 e. The number of aromatic nitrogens is 6. The minimum absolute atomic E-state index is 0.0736. The number of thiophene rings is 1. The number of carbonyl (C=O) groups is 1. The maximum Gasteiger partial charge on any atom is 0.165 e. The summed E-state index contributed by atoms with van der Waals surface area (Å²) < 4.78 is 3.46. The van der Waals surface area contributed by atoms with Gasteiger partial charge in [0.1, 0.15) is 0 Å². The number of Topliss-reactive ketones (excluding diaryl/α,β-unsaturated/α-hetero) is 1. The monoisotopic (exact) mass is 552 g/mol. The topological polar surface area (TPSA) is 105 Å². The van der Waals surface area contributed by atoms with Crippen LogP contribution in [0, 0.1) is 11.3 Å². The molecule has 204 valence electrons. The lowest BCUT2D eigenvalue weighted by atomic mass is 10.0. The molecule has 10 heteroatoms. The molecule has 0 unspecified atom stereocenters. The van der Waals surface area contributed by atoms with Crippen LogP contribution in [-0.2, 0) is 6.54 Å². The van der Waals surface area contributed by atoms with Gasteiger partial charge in [-0.05, 0) is 56.1 Å². The Labute approximate surface area is 237 Å². The minimum atomic E-state index is 0.0736. The molecule has 0 saturated heterocycles. The number of hydrogen-bond donors (Lipinski definition) is 0. The van der Waals surface area contributed by atoms with Crippen LogP contribution in [0.15, 0.2) is 60.5 Å². The molecule has 0 aliphatic carbocycles. The van der Waals surface area contributed by atoms with E-state index in [-0.39, 0.29) is 5.78 Å². The zero-order valence-corrected chi connectivity index (χ0v) is 23.8. The van der Waals surface area contributed by atoms with Crippen LogP contribution in [0.25, 0.3) is 38.7 Å². The van der Waals surface area contributed by atoms with Crippen LogP contribution in [-0.4, -0.2) is 59.2 Å². The molecular formula is C30H32N8OS. The van der Waals surface area contributed by atoms with Gasteiger partial charge in [-0.1, -0.05) is 19.9 Å². The van der Waals surface area contributed by atoms with Crippen molar-refractivity contribution in [3.05, 3.63) is 66.1 Å². The van der Waals surface area contributed by atoms with Gasteiger partial charge < -0.3 is 4.90 Å². The molecule has 5 rings (SSSR count). The molecule has 0 aromatic carbocycles. The highest BCUT2D eigenvalue weighted by molar-refractivity contribution is 7.13. The van der Waals surface area contributed by atoms with E-state index >= 15 is 0 Å². The number of ketones is 1. The van der Waals surface area contributed by atoms with Crippen molar-refractivity contribution in [1.82, 2.24) is 34.3 Å². The van der Waals surface area contributed by atoms with E-state index in [1.807, 2.05) is 48.1 Å². The van der Waals surface area contributed by atoms with Crippen molar-refractivity contribution in [3.8, 4) is 39.2 Å². The van der Waals surface area contributed by atoms with Crippen molar-refractivity contribution in [1.29, 1.82) is 5.26 Å². The first-order chi connectivity index (χ1) is 19.5. The number of nitrogens with zero attached hydrogens (tertiary/aromatic N) is 8. The third kappa shape index (κ3) is 5.86. The summed E-state index contributed by atoms with van der Waals surface area (Å²) in [5.74, 6) is 0.0736. The quantitative estimate of drug-likeness (QED) is 0.175. The summed E-state index contributed by atoms with van der Waals surface area (Å²) in [5.41, 5.74) is 4.96. The molecule has 5 heterocycles. The predicted molar refractivity (Wildman–Crippen MR) is 157 cm³/mol. The summed E-state index contributed by atoms with van der Waals surface area (Å²) in [7, 11) is 0. The predicted octanol–water partition coefficient (Wildman–Crippen LogP) is 5.99. The lowest BCUT2D eigenvalue weighted by Crippen LogP contribution is -2.33. The molecule has 0 N–H and O–H groups in total. The maximum absolute atomic E-state index is 13.5. The third-order valence-corrected chi connectivity index (χ3v) is 8.06. The molecule has 40 heavy (non-hydrogen) atoms. The first-order valence-electron chi connectivity index (χ1n) is 13.6. The molecule has 0 fully saturated rings. The maximum atomic E-state index is 13.5. The number of carbonyl (C=O) groups excluding carboxylic acids is 1. The van der Waals surface area contributed by atoms with Gasteiger partial charge >= 0.3 is 0 Å². The van der Waals surface area contributed by atoms with E-state index in [1.54, 1.807) is 32.9 Å². The molecule has 5 aromatic rings. The molecule has 0 aliphatic heterocycles. The molecule has 1 atom stereocenters. The summed E-state index contributed by atoms with van der Waals surface area (Å²) in [5, 5.41) is 19.9. The Morgan fingerprint density at radius 2 is 1.93 bits per heavy atom. The fourth-order valence-electron chi connectivity index (χ4n) is 4.89. The molecule has 0 radical (unpaired) electrons. The first kappa shape index (κ1) is 27.4. The first-order valence-corrected chi connectivity index (χ1v) is 14.5. The largest absolute Gasteiger partial charge is 0.301 e. The second kappa shape index (κ2) is 12.3. The van der Waals surface area contributed by atoms with Crippen molar-refractivity contribution >= 4 is 22.8 Å². The second-order valence-electron chi connectivity index (χ2n) is 9.68. The molecule has 9 nitrogen and oxygen atoms in total. The lowest BCUT2D eigenvalue weighted by molar-refractivity contribution is 0.0964.